The summed E-state index contributed by atoms with van der Waals surface area (Å²) in [6.07, 6.45) is 3.62. The van der Waals surface area contributed by atoms with Crippen molar-refractivity contribution in [3.05, 3.63) is 162 Å². The SMILES string of the molecule is CC(C)(CCN)OCCC(C)(C)OCc1ccc(C#Cc2cc(C#Cc3ccc(COC(C)(C)CCOC(C)(C)CCN=[N+]=[N-])cc3)cc(C#Cc3ccc(COC(C)(C)CCOC(C)(C)CN=[N+]=[N-])cc3)c2)cc1. The van der Waals surface area contributed by atoms with Crippen molar-refractivity contribution < 1.29 is 28.4 Å². The fraction of sp³-hybridized carbons (Fsp3) is 0.516. The van der Waals surface area contributed by atoms with Gasteiger partial charge in [-0.2, -0.15) is 0 Å². The van der Waals surface area contributed by atoms with Crippen molar-refractivity contribution >= 4 is 0 Å². The van der Waals surface area contributed by atoms with E-state index in [2.05, 4.69) is 109 Å². The zero-order valence-electron chi connectivity index (χ0n) is 46.8. The summed E-state index contributed by atoms with van der Waals surface area (Å²) < 4.78 is 37.0. The van der Waals surface area contributed by atoms with Crippen molar-refractivity contribution in [2.45, 2.75) is 169 Å². The Morgan fingerprint density at radius 1 is 0.387 bits per heavy atom. The van der Waals surface area contributed by atoms with Gasteiger partial charge in [0.1, 0.15) is 0 Å². The molecule has 0 amide bonds. The van der Waals surface area contributed by atoms with Crippen LogP contribution in [0.1, 0.15) is 165 Å². The number of benzene rings is 4. The second-order valence-corrected chi connectivity index (χ2v) is 22.5. The predicted molar refractivity (Wildman–Crippen MR) is 301 cm³/mol. The third kappa shape index (κ3) is 25.3. The fourth-order valence-electron chi connectivity index (χ4n) is 7.21. The van der Waals surface area contributed by atoms with Crippen molar-refractivity contribution in [3.63, 3.8) is 0 Å². The molecule has 0 radical (unpaired) electrons. The smallest absolute Gasteiger partial charge is 0.0724 e. The number of rotatable bonds is 28. The van der Waals surface area contributed by atoms with Crippen LogP contribution in [0, 0.1) is 35.5 Å². The average molecular weight is 1020 g/mol. The molecule has 0 unspecified atom stereocenters. The van der Waals surface area contributed by atoms with Crippen LogP contribution >= 0.6 is 0 Å². The Labute approximate surface area is 448 Å². The monoisotopic (exact) mass is 1020 g/mol. The Balaban J connectivity index is 1.47. The Morgan fingerprint density at radius 3 is 1.00 bits per heavy atom. The standard InChI is InChI=1S/C62H81N7O6/c1-57(2,31-36-63)70-38-33-59(5,6)73-44-51-22-13-48(14-23-51)19-28-54-41-55(29-20-49-15-24-52(25-16-49)45-74-60(7,8)34-39-71-58(3,4)32-37-66-68-64)43-56(42-54)30-21-50-17-26-53(27-18-50)46-75-61(9,10)35-40-72-62(11,12)47-67-69-65/h13-18,22-27,41-43H,31-40,44-47,63H2,1-12H3. The molecule has 0 aromatic heterocycles. The highest BCUT2D eigenvalue weighted by atomic mass is 16.5. The number of hydrogen-bond donors (Lipinski definition) is 1. The Bertz CT molecular complexity index is 2720. The van der Waals surface area contributed by atoms with Crippen LogP contribution in [0.15, 0.2) is 101 Å². The van der Waals surface area contributed by atoms with Gasteiger partial charge in [-0.05, 0) is 204 Å². The molecule has 75 heavy (non-hydrogen) atoms. The van der Waals surface area contributed by atoms with Gasteiger partial charge in [-0.1, -0.05) is 82.1 Å². The molecule has 4 rings (SSSR count). The summed E-state index contributed by atoms with van der Waals surface area (Å²) in [5, 5.41) is 7.28. The lowest BCUT2D eigenvalue weighted by atomic mass is 10.0. The third-order valence-corrected chi connectivity index (χ3v) is 12.5. The molecular weight excluding hydrogens is 939 g/mol. The highest BCUT2D eigenvalue weighted by Gasteiger charge is 2.25. The summed E-state index contributed by atoms with van der Waals surface area (Å²) in [6, 6.07) is 30.3. The summed E-state index contributed by atoms with van der Waals surface area (Å²) in [7, 11) is 0. The average Bonchev–Trinajstić information content (AvgIpc) is 3.35. The van der Waals surface area contributed by atoms with Gasteiger partial charge in [0.2, 0.25) is 0 Å². The van der Waals surface area contributed by atoms with E-state index in [0.717, 1.165) is 62.9 Å². The van der Waals surface area contributed by atoms with Crippen LogP contribution in [-0.2, 0) is 48.2 Å². The van der Waals surface area contributed by atoms with Crippen LogP contribution in [0.25, 0.3) is 20.9 Å². The van der Waals surface area contributed by atoms with Crippen LogP contribution in [0.2, 0.25) is 0 Å². The van der Waals surface area contributed by atoms with Gasteiger partial charge >= 0.3 is 0 Å². The maximum atomic E-state index is 8.67. The number of nitrogens with zero attached hydrogens (tertiary/aromatic N) is 6. The minimum atomic E-state index is -0.540. The third-order valence-electron chi connectivity index (χ3n) is 12.5. The summed E-state index contributed by atoms with van der Waals surface area (Å²) >= 11 is 0. The van der Waals surface area contributed by atoms with E-state index in [0.29, 0.717) is 72.0 Å². The molecule has 0 heterocycles. The molecule has 13 heteroatoms. The lowest BCUT2D eigenvalue weighted by Gasteiger charge is -2.29. The lowest BCUT2D eigenvalue weighted by molar-refractivity contribution is -0.0797. The second kappa shape index (κ2) is 29.3. The zero-order valence-corrected chi connectivity index (χ0v) is 46.8. The van der Waals surface area contributed by atoms with Crippen molar-refractivity contribution in [2.75, 3.05) is 39.5 Å². The van der Waals surface area contributed by atoms with Crippen LogP contribution in [0.4, 0.5) is 0 Å². The molecule has 4 aromatic carbocycles. The van der Waals surface area contributed by atoms with Crippen molar-refractivity contribution in [2.24, 2.45) is 16.0 Å². The molecule has 0 aliphatic rings. The minimum absolute atomic E-state index is 0.251. The summed E-state index contributed by atoms with van der Waals surface area (Å²) in [6.45, 7) is 28.6. The molecule has 400 valence electrons. The fourth-order valence-corrected chi connectivity index (χ4v) is 7.21. The van der Waals surface area contributed by atoms with E-state index in [9.17, 15) is 0 Å². The van der Waals surface area contributed by atoms with E-state index in [1.54, 1.807) is 0 Å². The zero-order chi connectivity index (χ0) is 55.0. The molecule has 0 atom stereocenters. The van der Waals surface area contributed by atoms with E-state index >= 15 is 0 Å². The topological polar surface area (TPSA) is 179 Å². The van der Waals surface area contributed by atoms with E-state index in [4.69, 9.17) is 45.2 Å². The van der Waals surface area contributed by atoms with Gasteiger partial charge in [0.15, 0.2) is 0 Å². The molecular formula is C62H81N7O6. The van der Waals surface area contributed by atoms with E-state index in [-0.39, 0.29) is 23.3 Å². The lowest BCUT2D eigenvalue weighted by Crippen LogP contribution is -2.32. The Kier molecular flexibility index (Phi) is 24.0. The molecule has 4 aromatic rings. The number of azide groups is 2. The maximum Gasteiger partial charge on any atom is 0.0724 e. The molecule has 0 aliphatic carbocycles. The van der Waals surface area contributed by atoms with E-state index in [1.165, 1.54) is 0 Å². The maximum absolute atomic E-state index is 8.67. The molecule has 2 N–H and O–H groups in total. The van der Waals surface area contributed by atoms with Crippen LogP contribution in [-0.4, -0.2) is 73.1 Å². The first-order valence-corrected chi connectivity index (χ1v) is 25.9. The molecule has 0 aliphatic heterocycles. The largest absolute Gasteiger partial charge is 0.375 e. The summed E-state index contributed by atoms with van der Waals surface area (Å²) in [5.41, 5.74) is 28.8. The van der Waals surface area contributed by atoms with Gasteiger partial charge in [0.05, 0.1) is 79.8 Å². The molecule has 0 bridgehead atoms. The van der Waals surface area contributed by atoms with Crippen LogP contribution in [0.5, 0.6) is 0 Å². The van der Waals surface area contributed by atoms with Gasteiger partial charge in [-0.15, -0.1) is 0 Å². The van der Waals surface area contributed by atoms with Crippen molar-refractivity contribution in [1.82, 2.24) is 0 Å². The van der Waals surface area contributed by atoms with Gasteiger partial charge in [0, 0.05) is 49.7 Å². The normalized spacial score (nSPS) is 12.0. The first-order valence-electron chi connectivity index (χ1n) is 25.9. The van der Waals surface area contributed by atoms with Gasteiger partial charge < -0.3 is 34.2 Å². The van der Waals surface area contributed by atoms with Crippen LogP contribution < -0.4 is 5.73 Å². The van der Waals surface area contributed by atoms with Crippen molar-refractivity contribution in [1.29, 1.82) is 0 Å². The molecule has 0 spiro atoms. The number of nitrogens with two attached hydrogens (primary N) is 1. The highest BCUT2D eigenvalue weighted by Crippen LogP contribution is 2.24. The summed E-state index contributed by atoms with van der Waals surface area (Å²) in [5.74, 6) is 20.1. The first kappa shape index (κ1) is 61.4. The number of ether oxygens (including phenoxy) is 6. The van der Waals surface area contributed by atoms with Gasteiger partial charge in [-0.3, -0.25) is 0 Å². The molecule has 0 saturated carbocycles. The molecule has 0 fully saturated rings. The molecule has 0 saturated heterocycles. The van der Waals surface area contributed by atoms with Crippen molar-refractivity contribution in [3.8, 4) is 35.5 Å². The Morgan fingerprint density at radius 2 is 0.680 bits per heavy atom. The molecule has 13 nitrogen and oxygen atoms in total. The first-order chi connectivity index (χ1) is 35.4. The highest BCUT2D eigenvalue weighted by molar-refractivity contribution is 5.55. The Hall–Kier alpha value is -6.10. The summed E-state index contributed by atoms with van der Waals surface area (Å²) in [4.78, 5) is 5.68. The van der Waals surface area contributed by atoms with E-state index < -0.39 is 16.8 Å². The second-order valence-electron chi connectivity index (χ2n) is 22.5. The minimum Gasteiger partial charge on any atom is -0.375 e. The van der Waals surface area contributed by atoms with Gasteiger partial charge in [-0.25, -0.2) is 0 Å². The van der Waals surface area contributed by atoms with Crippen LogP contribution in [0.3, 0.4) is 0 Å². The van der Waals surface area contributed by atoms with Gasteiger partial charge in [0.25, 0.3) is 0 Å². The predicted octanol–water partition coefficient (Wildman–Crippen LogP) is 13.7. The van der Waals surface area contributed by atoms with E-state index in [1.807, 2.05) is 120 Å². The quantitative estimate of drug-likeness (QED) is 0.0254. The number of hydrogen-bond acceptors (Lipinski definition) is 9.